The summed E-state index contributed by atoms with van der Waals surface area (Å²) in [6, 6.07) is 6.33. The smallest absolute Gasteiger partial charge is 0.306 e. The third kappa shape index (κ3) is 4.29. The van der Waals surface area contributed by atoms with Crippen LogP contribution in [0.5, 0.6) is 11.5 Å². The molecule has 0 atom stereocenters. The minimum Gasteiger partial charge on any atom is -0.379 e. The first-order chi connectivity index (χ1) is 10.5. The Morgan fingerprint density at radius 2 is 1.48 bits per heavy atom. The minimum atomic E-state index is -4.00. The second kappa shape index (κ2) is 5.66. The highest BCUT2D eigenvalue weighted by molar-refractivity contribution is 7.86. The summed E-state index contributed by atoms with van der Waals surface area (Å²) in [7, 11) is -7.96. The predicted octanol–water partition coefficient (Wildman–Crippen LogP) is 1.42. The third-order valence-electron chi connectivity index (χ3n) is 2.60. The SMILES string of the molecule is CS(=O)(=O)Oc1cc2cccc([N+](=O)[O-])c2cc1OS(C)(=O)=O. The third-order valence-corrected chi connectivity index (χ3v) is 3.57. The van der Waals surface area contributed by atoms with Crippen molar-refractivity contribution in [3.8, 4) is 11.5 Å². The molecule has 0 spiro atoms. The van der Waals surface area contributed by atoms with Crippen molar-refractivity contribution in [1.29, 1.82) is 0 Å². The van der Waals surface area contributed by atoms with Crippen molar-refractivity contribution >= 4 is 36.7 Å². The van der Waals surface area contributed by atoms with Crippen LogP contribution in [0.2, 0.25) is 0 Å². The molecule has 23 heavy (non-hydrogen) atoms. The summed E-state index contributed by atoms with van der Waals surface area (Å²) in [6.07, 6.45) is 1.52. The summed E-state index contributed by atoms with van der Waals surface area (Å²) in [5.74, 6) is -0.842. The monoisotopic (exact) mass is 361 g/mol. The maximum atomic E-state index is 11.3. The van der Waals surface area contributed by atoms with Gasteiger partial charge in [0, 0.05) is 12.1 Å². The molecule has 0 N–H and O–H groups in total. The fourth-order valence-corrected chi connectivity index (χ4v) is 2.80. The van der Waals surface area contributed by atoms with E-state index in [9.17, 15) is 26.9 Å². The van der Waals surface area contributed by atoms with Crippen molar-refractivity contribution in [2.75, 3.05) is 12.5 Å². The van der Waals surface area contributed by atoms with Crippen LogP contribution in [0.25, 0.3) is 10.8 Å². The summed E-state index contributed by atoms with van der Waals surface area (Å²) in [5, 5.41) is 11.4. The zero-order chi connectivity index (χ0) is 17.4. The highest BCUT2D eigenvalue weighted by atomic mass is 32.2. The molecule has 11 heteroatoms. The number of fused-ring (bicyclic) bond motifs is 1. The van der Waals surface area contributed by atoms with Gasteiger partial charge in [0.1, 0.15) is 0 Å². The van der Waals surface area contributed by atoms with Crippen LogP contribution in [0.15, 0.2) is 30.3 Å². The van der Waals surface area contributed by atoms with Gasteiger partial charge in [0.15, 0.2) is 11.5 Å². The van der Waals surface area contributed by atoms with Crippen LogP contribution in [0.3, 0.4) is 0 Å². The second-order valence-electron chi connectivity index (χ2n) is 4.63. The molecule has 0 unspecified atom stereocenters. The molecule has 2 aromatic rings. The molecule has 0 fully saturated rings. The summed E-state index contributed by atoms with van der Waals surface area (Å²) in [6.45, 7) is 0. The van der Waals surface area contributed by atoms with Crippen molar-refractivity contribution in [2.24, 2.45) is 0 Å². The Balaban J connectivity index is 2.78. The van der Waals surface area contributed by atoms with Crippen molar-refractivity contribution in [1.82, 2.24) is 0 Å². The molecule has 0 aromatic heterocycles. The Hall–Kier alpha value is -2.40. The van der Waals surface area contributed by atoms with E-state index in [0.717, 1.165) is 24.6 Å². The number of nitro benzene ring substituents is 1. The number of non-ortho nitro benzene ring substituents is 1. The number of nitro groups is 1. The Morgan fingerprint density at radius 3 is 1.96 bits per heavy atom. The molecule has 0 aliphatic rings. The first-order valence-electron chi connectivity index (χ1n) is 5.96. The molecule has 0 bridgehead atoms. The van der Waals surface area contributed by atoms with Gasteiger partial charge in [0.25, 0.3) is 5.69 Å². The summed E-state index contributed by atoms with van der Waals surface area (Å²) >= 11 is 0. The molecular weight excluding hydrogens is 350 g/mol. The molecule has 0 aliphatic carbocycles. The molecule has 124 valence electrons. The van der Waals surface area contributed by atoms with Crippen molar-refractivity contribution in [3.05, 3.63) is 40.4 Å². The molecule has 0 aliphatic heterocycles. The molecule has 0 radical (unpaired) electrons. The van der Waals surface area contributed by atoms with Crippen molar-refractivity contribution in [3.63, 3.8) is 0 Å². The number of hydrogen-bond acceptors (Lipinski definition) is 8. The van der Waals surface area contributed by atoms with E-state index in [0.29, 0.717) is 5.39 Å². The Morgan fingerprint density at radius 1 is 0.957 bits per heavy atom. The number of hydrogen-bond donors (Lipinski definition) is 0. The molecule has 2 rings (SSSR count). The molecule has 0 amide bonds. The van der Waals surface area contributed by atoms with Crippen molar-refractivity contribution < 1.29 is 30.1 Å². The average molecular weight is 361 g/mol. The van der Waals surface area contributed by atoms with Gasteiger partial charge >= 0.3 is 20.2 Å². The Labute approximate surface area is 131 Å². The molecule has 9 nitrogen and oxygen atoms in total. The lowest BCUT2D eigenvalue weighted by atomic mass is 10.1. The van der Waals surface area contributed by atoms with Gasteiger partial charge in [0.05, 0.1) is 22.8 Å². The largest absolute Gasteiger partial charge is 0.379 e. The van der Waals surface area contributed by atoms with Crippen LogP contribution in [0.4, 0.5) is 5.69 Å². The van der Waals surface area contributed by atoms with E-state index >= 15 is 0 Å². The van der Waals surface area contributed by atoms with Crippen LogP contribution < -0.4 is 8.37 Å². The summed E-state index contributed by atoms with van der Waals surface area (Å²) in [4.78, 5) is 10.4. The number of nitrogens with zero attached hydrogens (tertiary/aromatic N) is 1. The lowest BCUT2D eigenvalue weighted by Crippen LogP contribution is -2.10. The minimum absolute atomic E-state index is 0.0806. The van der Waals surface area contributed by atoms with Crippen LogP contribution in [0.1, 0.15) is 0 Å². The van der Waals surface area contributed by atoms with E-state index in [-0.39, 0.29) is 16.8 Å². The van der Waals surface area contributed by atoms with Crippen LogP contribution in [-0.4, -0.2) is 34.3 Å². The van der Waals surface area contributed by atoms with Gasteiger partial charge in [-0.15, -0.1) is 0 Å². The fraction of sp³-hybridized carbons (Fsp3) is 0.167. The van der Waals surface area contributed by atoms with Gasteiger partial charge in [-0.25, -0.2) is 0 Å². The normalized spacial score (nSPS) is 12.1. The van der Waals surface area contributed by atoms with Crippen molar-refractivity contribution in [2.45, 2.75) is 0 Å². The van der Waals surface area contributed by atoms with Crippen LogP contribution >= 0.6 is 0 Å². The van der Waals surface area contributed by atoms with Gasteiger partial charge < -0.3 is 8.37 Å². The maximum Gasteiger partial charge on any atom is 0.306 e. The predicted molar refractivity (Wildman–Crippen MR) is 81.5 cm³/mol. The lowest BCUT2D eigenvalue weighted by Gasteiger charge is -2.11. The summed E-state index contributed by atoms with van der Waals surface area (Å²) < 4.78 is 54.6. The highest BCUT2D eigenvalue weighted by Crippen LogP contribution is 2.37. The van der Waals surface area contributed by atoms with E-state index in [2.05, 4.69) is 4.18 Å². The van der Waals surface area contributed by atoms with E-state index in [1.807, 2.05) is 0 Å². The van der Waals surface area contributed by atoms with Crippen LogP contribution in [0, 0.1) is 10.1 Å². The molecule has 0 saturated carbocycles. The zero-order valence-corrected chi connectivity index (χ0v) is 13.5. The topological polar surface area (TPSA) is 130 Å². The van der Waals surface area contributed by atoms with Gasteiger partial charge in [0.2, 0.25) is 0 Å². The Bertz CT molecular complexity index is 995. The first-order valence-corrected chi connectivity index (χ1v) is 9.60. The van der Waals surface area contributed by atoms with E-state index in [4.69, 9.17) is 4.18 Å². The van der Waals surface area contributed by atoms with Gasteiger partial charge in [-0.05, 0) is 11.5 Å². The molecule has 0 heterocycles. The second-order valence-corrected chi connectivity index (χ2v) is 7.78. The standard InChI is InChI=1S/C12H11NO8S2/c1-22(16,17)20-11-6-8-4-3-5-10(13(14)15)9(8)7-12(11)21-23(2,18)19/h3-7H,1-2H3. The quantitative estimate of drug-likeness (QED) is 0.444. The van der Waals surface area contributed by atoms with Gasteiger partial charge in [-0.1, -0.05) is 12.1 Å². The molecule has 0 saturated heterocycles. The van der Waals surface area contributed by atoms with Crippen LogP contribution in [-0.2, 0) is 20.2 Å². The highest BCUT2D eigenvalue weighted by Gasteiger charge is 2.20. The van der Waals surface area contributed by atoms with E-state index in [1.165, 1.54) is 18.2 Å². The lowest BCUT2D eigenvalue weighted by molar-refractivity contribution is -0.383. The van der Waals surface area contributed by atoms with Gasteiger partial charge in [-0.3, -0.25) is 10.1 Å². The maximum absolute atomic E-state index is 11.3. The fourth-order valence-electron chi connectivity index (χ4n) is 1.88. The van der Waals surface area contributed by atoms with E-state index in [1.54, 1.807) is 0 Å². The summed E-state index contributed by atoms with van der Waals surface area (Å²) in [5.41, 5.74) is -0.285. The zero-order valence-electron chi connectivity index (χ0n) is 11.9. The first kappa shape index (κ1) is 17.0. The Kier molecular flexibility index (Phi) is 4.18. The molecular formula is C12H11NO8S2. The number of rotatable bonds is 5. The molecule has 2 aromatic carbocycles. The number of benzene rings is 2. The average Bonchev–Trinajstić information content (AvgIpc) is 2.35. The van der Waals surface area contributed by atoms with Gasteiger partial charge in [-0.2, -0.15) is 16.8 Å². The van der Waals surface area contributed by atoms with E-state index < -0.39 is 30.9 Å².